The van der Waals surface area contributed by atoms with Crippen molar-refractivity contribution >= 4 is 25.6 Å². The second-order valence-corrected chi connectivity index (χ2v) is 18.4. The van der Waals surface area contributed by atoms with Gasteiger partial charge in [0.2, 0.25) is 5.91 Å². The van der Waals surface area contributed by atoms with E-state index in [0.717, 1.165) is 27.6 Å². The number of fused-ring (bicyclic) bond motifs is 3. The summed E-state index contributed by atoms with van der Waals surface area (Å²) in [5.41, 5.74) is 4.90. The molecule has 1 saturated heterocycles. The first-order valence-electron chi connectivity index (χ1n) is 14.0. The maximum atomic E-state index is 13.0. The number of hydrogen-bond acceptors (Lipinski definition) is 7. The monoisotopic (exact) mass is 574 g/mol. The van der Waals surface area contributed by atoms with Crippen molar-refractivity contribution in [3.8, 4) is 33.0 Å². The number of ether oxygens (including phenoxy) is 1. The lowest BCUT2D eigenvalue weighted by atomic mass is 10.0. The fourth-order valence-corrected chi connectivity index (χ4v) is 7.40. The minimum Gasteiger partial charge on any atom is -0.490 e. The molecule has 3 aromatic rings. The van der Waals surface area contributed by atoms with Gasteiger partial charge in [-0.1, -0.05) is 50.3 Å². The van der Waals surface area contributed by atoms with E-state index >= 15 is 0 Å². The Morgan fingerprint density at radius 1 is 1.15 bits per heavy atom. The van der Waals surface area contributed by atoms with Crippen LogP contribution >= 0.6 is 11.3 Å². The maximum absolute atomic E-state index is 13.0. The number of aromatic nitrogens is 2. The Kier molecular flexibility index (Phi) is 7.64. The molecule has 1 aliphatic heterocycles. The maximum Gasteiger partial charge on any atom is 0.223 e. The molecule has 0 radical (unpaired) electrons. The Labute approximate surface area is 242 Å². The highest BCUT2D eigenvalue weighted by atomic mass is 32.1. The van der Waals surface area contributed by atoms with Crippen molar-refractivity contribution in [1.82, 2.24) is 15.1 Å². The smallest absolute Gasteiger partial charge is 0.223 e. The fraction of sp³-hybridized carbons (Fsp3) is 0.484. The van der Waals surface area contributed by atoms with Gasteiger partial charge in [-0.3, -0.25) is 4.79 Å². The highest BCUT2D eigenvalue weighted by Gasteiger charge is 2.46. The van der Waals surface area contributed by atoms with Gasteiger partial charge in [0.15, 0.2) is 8.32 Å². The van der Waals surface area contributed by atoms with E-state index in [0.29, 0.717) is 30.9 Å². The van der Waals surface area contributed by atoms with E-state index in [2.05, 4.69) is 68.3 Å². The number of nitriles is 1. The van der Waals surface area contributed by atoms with Crippen molar-refractivity contribution in [3.05, 3.63) is 53.1 Å². The van der Waals surface area contributed by atoms with Crippen molar-refractivity contribution in [3.63, 3.8) is 0 Å². The third-order valence-electron chi connectivity index (χ3n) is 8.50. The van der Waals surface area contributed by atoms with Gasteiger partial charge in [0.25, 0.3) is 0 Å². The number of rotatable bonds is 8. The van der Waals surface area contributed by atoms with Gasteiger partial charge in [0.05, 0.1) is 24.3 Å². The van der Waals surface area contributed by atoms with Gasteiger partial charge in [-0.15, -0.1) is 10.2 Å². The van der Waals surface area contributed by atoms with E-state index in [-0.39, 0.29) is 29.0 Å². The van der Waals surface area contributed by atoms with Gasteiger partial charge < -0.3 is 14.1 Å². The van der Waals surface area contributed by atoms with Crippen molar-refractivity contribution in [1.29, 1.82) is 5.26 Å². The Bertz CT molecular complexity index is 1470. The third kappa shape index (κ3) is 5.32. The van der Waals surface area contributed by atoms with Crippen LogP contribution in [0.4, 0.5) is 0 Å². The summed E-state index contributed by atoms with van der Waals surface area (Å²) >= 11 is 1.52. The molecule has 0 saturated carbocycles. The normalized spacial score (nSPS) is 18.7. The zero-order valence-electron chi connectivity index (χ0n) is 24.4. The summed E-state index contributed by atoms with van der Waals surface area (Å²) in [6.45, 7) is 16.3. The molecule has 210 valence electrons. The van der Waals surface area contributed by atoms with E-state index in [4.69, 9.17) is 9.16 Å². The van der Waals surface area contributed by atoms with Crippen LogP contribution in [0.5, 0.6) is 5.75 Å². The molecule has 0 spiro atoms. The van der Waals surface area contributed by atoms with Crippen LogP contribution < -0.4 is 4.74 Å². The molecule has 7 nitrogen and oxygen atoms in total. The van der Waals surface area contributed by atoms with Crippen molar-refractivity contribution < 1.29 is 14.0 Å². The molecule has 9 heteroatoms. The van der Waals surface area contributed by atoms with Gasteiger partial charge in [-0.2, -0.15) is 5.26 Å². The number of carbonyl (C=O) groups excluding carboxylic acids is 1. The van der Waals surface area contributed by atoms with Gasteiger partial charge in [-0.25, -0.2) is 0 Å². The number of nitrogens with zero attached hydrogens (tertiary/aromatic N) is 4. The molecule has 2 aromatic carbocycles. The van der Waals surface area contributed by atoms with Crippen molar-refractivity contribution in [2.75, 3.05) is 13.2 Å². The minimum atomic E-state index is -1.88. The lowest BCUT2D eigenvalue weighted by molar-refractivity contribution is -0.129. The molecule has 0 N–H and O–H groups in total. The summed E-state index contributed by atoms with van der Waals surface area (Å²) < 4.78 is 12.2. The predicted octanol–water partition coefficient (Wildman–Crippen LogP) is 7.00. The SMILES string of the molecule is CC(C)Oc1ccc(-c2nnc(-c3cccc4c3CC3CC(=O)N(CCO[Si](C)(C)C(C)(C)C)C43)s2)cc1C#N. The van der Waals surface area contributed by atoms with Crippen molar-refractivity contribution in [2.45, 2.75) is 77.7 Å². The minimum absolute atomic E-state index is 0.0123. The summed E-state index contributed by atoms with van der Waals surface area (Å²) in [4.78, 5) is 15.1. The zero-order chi connectivity index (χ0) is 28.8. The molecule has 1 aliphatic carbocycles. The molecule has 5 rings (SSSR count). The van der Waals surface area contributed by atoms with E-state index < -0.39 is 8.32 Å². The van der Waals surface area contributed by atoms with Crippen LogP contribution in [0.15, 0.2) is 36.4 Å². The fourth-order valence-electron chi connectivity index (χ4n) is 5.48. The van der Waals surface area contributed by atoms with E-state index in [1.807, 2.05) is 36.9 Å². The average Bonchev–Trinajstić information content (AvgIpc) is 3.58. The molecule has 40 heavy (non-hydrogen) atoms. The topological polar surface area (TPSA) is 88.3 Å². The molecule has 1 fully saturated rings. The number of hydrogen-bond donors (Lipinski definition) is 0. The Morgan fingerprint density at radius 2 is 1.90 bits per heavy atom. The van der Waals surface area contributed by atoms with Gasteiger partial charge in [0.1, 0.15) is 21.8 Å². The lowest BCUT2D eigenvalue weighted by Gasteiger charge is -2.37. The highest BCUT2D eigenvalue weighted by Crippen LogP contribution is 2.50. The lowest BCUT2D eigenvalue weighted by Crippen LogP contribution is -2.43. The Hall–Kier alpha value is -3.06. The molecule has 0 bridgehead atoms. The van der Waals surface area contributed by atoms with Crippen LogP contribution in [0.2, 0.25) is 18.1 Å². The molecular formula is C31H38N4O3SSi. The average molecular weight is 575 g/mol. The van der Waals surface area contributed by atoms with Gasteiger partial charge >= 0.3 is 0 Å². The first-order valence-corrected chi connectivity index (χ1v) is 17.7. The first kappa shape index (κ1) is 28.5. The zero-order valence-corrected chi connectivity index (χ0v) is 26.3. The van der Waals surface area contributed by atoms with Crippen LogP contribution in [-0.4, -0.2) is 48.6 Å². The van der Waals surface area contributed by atoms with E-state index in [1.165, 1.54) is 22.5 Å². The molecule has 2 aliphatic rings. The molecule has 2 atom stereocenters. The molecule has 1 amide bonds. The number of benzene rings is 2. The third-order valence-corrected chi connectivity index (χ3v) is 14.0. The molecular weight excluding hydrogens is 537 g/mol. The molecule has 2 heterocycles. The highest BCUT2D eigenvalue weighted by molar-refractivity contribution is 7.17. The second-order valence-electron chi connectivity index (χ2n) is 12.6. The van der Waals surface area contributed by atoms with Crippen LogP contribution in [0.25, 0.3) is 21.1 Å². The van der Waals surface area contributed by atoms with Crippen LogP contribution in [0.1, 0.15) is 63.8 Å². The van der Waals surface area contributed by atoms with Gasteiger partial charge in [0, 0.05) is 24.1 Å². The number of likely N-dealkylation sites (tertiary alicyclic amines) is 1. The Balaban J connectivity index is 1.38. The van der Waals surface area contributed by atoms with Crippen LogP contribution in [0, 0.1) is 17.2 Å². The summed E-state index contributed by atoms with van der Waals surface area (Å²) in [5.74, 6) is 1.07. The summed E-state index contributed by atoms with van der Waals surface area (Å²) in [6, 6.07) is 14.2. The standard InChI is InChI=1S/C31H38N4O3SSi/c1-19(2)38-26-12-11-20(15-22(26)18-32)29-33-34-30(39-29)24-10-8-9-23-25(24)16-21-17-27(36)35(28(21)23)13-14-37-40(6,7)31(3,4)5/h8-12,15,19,21,28H,13-14,16-17H2,1-7H3. The Morgan fingerprint density at radius 3 is 2.60 bits per heavy atom. The van der Waals surface area contributed by atoms with Crippen molar-refractivity contribution in [2.24, 2.45) is 5.92 Å². The van der Waals surface area contributed by atoms with E-state index in [1.54, 1.807) is 0 Å². The van der Waals surface area contributed by atoms with Crippen LogP contribution in [0.3, 0.4) is 0 Å². The van der Waals surface area contributed by atoms with E-state index in [9.17, 15) is 10.1 Å². The largest absolute Gasteiger partial charge is 0.490 e. The predicted molar refractivity (Wildman–Crippen MR) is 161 cm³/mol. The van der Waals surface area contributed by atoms with Gasteiger partial charge in [-0.05, 0) is 73.6 Å². The summed E-state index contributed by atoms with van der Waals surface area (Å²) in [7, 11) is -1.88. The van der Waals surface area contributed by atoms with Crippen LogP contribution in [-0.2, 0) is 15.6 Å². The molecule has 2 unspecified atom stereocenters. The molecule has 1 aromatic heterocycles. The summed E-state index contributed by atoms with van der Waals surface area (Å²) in [6.07, 6.45) is 1.42. The quantitative estimate of drug-likeness (QED) is 0.269. The number of carbonyl (C=O) groups is 1. The first-order chi connectivity index (χ1) is 18.9. The number of amides is 1. The second kappa shape index (κ2) is 10.7. The summed E-state index contributed by atoms with van der Waals surface area (Å²) in [5, 5.41) is 20.4.